The second kappa shape index (κ2) is 6.52. The minimum Gasteiger partial charge on any atom is -0.258 e. The third-order valence-corrected chi connectivity index (χ3v) is 4.33. The molecule has 0 aliphatic heterocycles. The quantitative estimate of drug-likeness (QED) is 0.676. The highest BCUT2D eigenvalue weighted by molar-refractivity contribution is 7.98. The Morgan fingerprint density at radius 3 is 2.62 bits per heavy atom. The highest BCUT2D eigenvalue weighted by Gasteiger charge is 2.10. The first-order chi connectivity index (χ1) is 10.2. The van der Waals surface area contributed by atoms with Crippen LogP contribution in [0.1, 0.15) is 5.56 Å². The average molecular weight is 336 g/mol. The van der Waals surface area contributed by atoms with Crippen LogP contribution < -0.4 is 0 Å². The van der Waals surface area contributed by atoms with Crippen molar-refractivity contribution in [2.24, 2.45) is 0 Å². The van der Waals surface area contributed by atoms with E-state index in [9.17, 15) is 0 Å². The zero-order valence-electron chi connectivity index (χ0n) is 10.9. The second-order valence-electron chi connectivity index (χ2n) is 4.37. The van der Waals surface area contributed by atoms with E-state index in [0.717, 1.165) is 11.3 Å². The Bertz CT molecular complexity index is 744. The molecular weight excluding hydrogens is 325 g/mol. The molecule has 21 heavy (non-hydrogen) atoms. The first kappa shape index (κ1) is 14.4. The molecule has 0 unspecified atom stereocenters. The smallest absolute Gasteiger partial charge is 0.209 e. The fourth-order valence-corrected chi connectivity index (χ4v) is 3.09. The Labute approximate surface area is 136 Å². The Morgan fingerprint density at radius 1 is 1.05 bits per heavy atom. The molecule has 0 radical (unpaired) electrons. The third kappa shape index (κ3) is 3.59. The summed E-state index contributed by atoms with van der Waals surface area (Å²) in [5.41, 5.74) is 2.03. The second-order valence-corrected chi connectivity index (χ2v) is 6.15. The number of benzene rings is 2. The van der Waals surface area contributed by atoms with Crippen molar-refractivity contribution in [3.63, 3.8) is 0 Å². The van der Waals surface area contributed by atoms with E-state index < -0.39 is 0 Å². The summed E-state index contributed by atoms with van der Waals surface area (Å²) in [6.45, 7) is 0. The third-order valence-electron chi connectivity index (χ3n) is 2.86. The fraction of sp³-hybridized carbons (Fsp3) is 0.0667. The zero-order valence-corrected chi connectivity index (χ0v) is 13.2. The molecule has 106 valence electrons. The molecule has 0 saturated carbocycles. The molecule has 1 aromatic heterocycles. The lowest BCUT2D eigenvalue weighted by Crippen LogP contribution is -1.83. The summed E-state index contributed by atoms with van der Waals surface area (Å²) in [5, 5.41) is 8.96. The van der Waals surface area contributed by atoms with E-state index in [1.165, 1.54) is 5.56 Å². The number of H-pyrrole nitrogens is 1. The van der Waals surface area contributed by atoms with Crippen LogP contribution >= 0.6 is 35.0 Å². The standard InChI is InChI=1S/C15H11Cl2N3S/c16-11-6-7-12(13(17)8-11)14-18-15(20-19-14)21-9-10-4-2-1-3-5-10/h1-8H,9H2,(H,18,19,20). The Balaban J connectivity index is 1.74. The van der Waals surface area contributed by atoms with Crippen LogP contribution in [-0.2, 0) is 5.75 Å². The summed E-state index contributed by atoms with van der Waals surface area (Å²) in [6, 6.07) is 15.5. The molecule has 0 amide bonds. The highest BCUT2D eigenvalue weighted by atomic mass is 35.5. The molecule has 1 N–H and O–H groups in total. The van der Waals surface area contributed by atoms with Gasteiger partial charge in [-0.25, -0.2) is 4.98 Å². The summed E-state index contributed by atoms with van der Waals surface area (Å²) >= 11 is 13.6. The molecule has 0 bridgehead atoms. The van der Waals surface area contributed by atoms with Crippen molar-refractivity contribution < 1.29 is 0 Å². The molecule has 0 atom stereocenters. The normalized spacial score (nSPS) is 10.8. The van der Waals surface area contributed by atoms with Crippen LogP contribution in [0.2, 0.25) is 10.0 Å². The maximum absolute atomic E-state index is 6.17. The largest absolute Gasteiger partial charge is 0.258 e. The van der Waals surface area contributed by atoms with Gasteiger partial charge in [-0.3, -0.25) is 5.10 Å². The van der Waals surface area contributed by atoms with Gasteiger partial charge in [-0.15, -0.1) is 5.10 Å². The molecule has 0 spiro atoms. The summed E-state index contributed by atoms with van der Waals surface area (Å²) < 4.78 is 0. The Morgan fingerprint density at radius 2 is 1.86 bits per heavy atom. The van der Waals surface area contributed by atoms with Crippen molar-refractivity contribution in [2.75, 3.05) is 0 Å². The van der Waals surface area contributed by atoms with E-state index >= 15 is 0 Å². The number of halogens is 2. The topological polar surface area (TPSA) is 41.6 Å². The van der Waals surface area contributed by atoms with Crippen molar-refractivity contribution in [3.05, 3.63) is 64.1 Å². The van der Waals surface area contributed by atoms with Crippen molar-refractivity contribution in [3.8, 4) is 11.4 Å². The first-order valence-electron chi connectivity index (χ1n) is 6.27. The van der Waals surface area contributed by atoms with Crippen LogP contribution in [0.25, 0.3) is 11.4 Å². The molecule has 0 aliphatic carbocycles. The van der Waals surface area contributed by atoms with Gasteiger partial charge in [0.1, 0.15) is 0 Å². The van der Waals surface area contributed by atoms with Crippen molar-refractivity contribution >= 4 is 35.0 Å². The predicted octanol–water partition coefficient (Wildman–Crippen LogP) is 5.07. The van der Waals surface area contributed by atoms with Crippen LogP contribution in [0.4, 0.5) is 0 Å². The van der Waals surface area contributed by atoms with E-state index in [1.807, 2.05) is 24.3 Å². The van der Waals surface area contributed by atoms with Gasteiger partial charge in [-0.2, -0.15) is 0 Å². The van der Waals surface area contributed by atoms with Gasteiger partial charge < -0.3 is 0 Å². The predicted molar refractivity (Wildman–Crippen MR) is 87.8 cm³/mol. The van der Waals surface area contributed by atoms with Gasteiger partial charge in [0.15, 0.2) is 5.82 Å². The van der Waals surface area contributed by atoms with E-state index in [1.54, 1.807) is 23.9 Å². The van der Waals surface area contributed by atoms with Gasteiger partial charge >= 0.3 is 0 Å². The number of hydrogen-bond acceptors (Lipinski definition) is 3. The fourth-order valence-electron chi connectivity index (χ4n) is 1.84. The average Bonchev–Trinajstić information content (AvgIpc) is 2.95. The summed E-state index contributed by atoms with van der Waals surface area (Å²) in [6.07, 6.45) is 0. The molecule has 0 fully saturated rings. The minimum atomic E-state index is 0.554. The number of nitrogens with one attached hydrogen (secondary N) is 1. The molecule has 2 aromatic carbocycles. The van der Waals surface area contributed by atoms with Gasteiger partial charge in [0.05, 0.1) is 5.02 Å². The molecule has 1 heterocycles. The highest BCUT2D eigenvalue weighted by Crippen LogP contribution is 2.29. The maximum Gasteiger partial charge on any atom is 0.209 e. The number of aromatic nitrogens is 3. The molecule has 3 nitrogen and oxygen atoms in total. The lowest BCUT2D eigenvalue weighted by Gasteiger charge is -2.00. The van der Waals surface area contributed by atoms with E-state index in [-0.39, 0.29) is 0 Å². The SMILES string of the molecule is Clc1ccc(-c2nc(SCc3ccccc3)n[nH]2)c(Cl)c1. The van der Waals surface area contributed by atoms with E-state index in [0.29, 0.717) is 21.0 Å². The monoisotopic (exact) mass is 335 g/mol. The van der Waals surface area contributed by atoms with Crippen molar-refractivity contribution in [1.29, 1.82) is 0 Å². The summed E-state index contributed by atoms with van der Waals surface area (Å²) in [7, 11) is 0. The van der Waals surface area contributed by atoms with Crippen LogP contribution in [0.15, 0.2) is 53.7 Å². The molecule has 0 saturated heterocycles. The van der Waals surface area contributed by atoms with Gasteiger partial charge in [0.25, 0.3) is 0 Å². The minimum absolute atomic E-state index is 0.554. The number of rotatable bonds is 4. The van der Waals surface area contributed by atoms with Gasteiger partial charge in [0.2, 0.25) is 5.16 Å². The van der Waals surface area contributed by atoms with Crippen molar-refractivity contribution in [2.45, 2.75) is 10.9 Å². The number of nitrogens with zero attached hydrogens (tertiary/aromatic N) is 2. The molecule has 6 heteroatoms. The van der Waals surface area contributed by atoms with Crippen LogP contribution in [0.5, 0.6) is 0 Å². The summed E-state index contributed by atoms with van der Waals surface area (Å²) in [5.74, 6) is 1.47. The Kier molecular flexibility index (Phi) is 4.48. The van der Waals surface area contributed by atoms with Crippen LogP contribution in [-0.4, -0.2) is 15.2 Å². The van der Waals surface area contributed by atoms with Crippen LogP contribution in [0, 0.1) is 0 Å². The van der Waals surface area contributed by atoms with Gasteiger partial charge in [-0.05, 0) is 23.8 Å². The molecule has 3 rings (SSSR count). The summed E-state index contributed by atoms with van der Waals surface area (Å²) in [4.78, 5) is 4.45. The van der Waals surface area contributed by atoms with Crippen molar-refractivity contribution in [1.82, 2.24) is 15.2 Å². The number of thioether (sulfide) groups is 1. The lowest BCUT2D eigenvalue weighted by atomic mass is 10.2. The zero-order chi connectivity index (χ0) is 14.7. The number of hydrogen-bond donors (Lipinski definition) is 1. The van der Waals surface area contributed by atoms with Gasteiger partial charge in [-0.1, -0.05) is 65.3 Å². The van der Waals surface area contributed by atoms with E-state index in [2.05, 4.69) is 27.3 Å². The molecular formula is C15H11Cl2N3S. The maximum atomic E-state index is 6.17. The van der Waals surface area contributed by atoms with E-state index in [4.69, 9.17) is 23.2 Å². The lowest BCUT2D eigenvalue weighted by molar-refractivity contribution is 0.973. The molecule has 3 aromatic rings. The molecule has 0 aliphatic rings. The number of aromatic amines is 1. The van der Waals surface area contributed by atoms with Crippen LogP contribution in [0.3, 0.4) is 0 Å². The Hall–Kier alpha value is -1.49. The van der Waals surface area contributed by atoms with Gasteiger partial charge in [0, 0.05) is 16.3 Å². The first-order valence-corrected chi connectivity index (χ1v) is 8.01.